The van der Waals surface area contributed by atoms with Gasteiger partial charge in [-0.3, -0.25) is 0 Å². The van der Waals surface area contributed by atoms with Crippen LogP contribution < -0.4 is 4.90 Å². The number of rotatable bonds is 4. The fourth-order valence-electron chi connectivity index (χ4n) is 1.58. The van der Waals surface area contributed by atoms with Gasteiger partial charge in [-0.15, -0.1) is 11.3 Å². The van der Waals surface area contributed by atoms with Crippen molar-refractivity contribution in [3.05, 3.63) is 39.8 Å². The Balaban J connectivity index is 2.18. The zero-order valence-electron chi connectivity index (χ0n) is 9.92. The molecule has 2 aromatic rings. The van der Waals surface area contributed by atoms with Crippen LogP contribution in [0.5, 0.6) is 0 Å². The van der Waals surface area contributed by atoms with Gasteiger partial charge in [-0.05, 0) is 24.4 Å². The van der Waals surface area contributed by atoms with Crippen molar-refractivity contribution in [2.75, 3.05) is 11.9 Å². The second-order valence-electron chi connectivity index (χ2n) is 3.89. The maximum absolute atomic E-state index is 9.12. The first-order valence-electron chi connectivity index (χ1n) is 5.38. The Hall–Kier alpha value is -1.46. The maximum atomic E-state index is 9.12. The first kappa shape index (κ1) is 12.0. The van der Waals surface area contributed by atoms with Crippen molar-refractivity contribution in [3.8, 4) is 0 Å². The molecule has 0 unspecified atom stereocenters. The van der Waals surface area contributed by atoms with Crippen LogP contribution in [0.3, 0.4) is 0 Å². The van der Waals surface area contributed by atoms with Crippen LogP contribution >= 0.6 is 11.3 Å². The molecule has 0 spiro atoms. The Morgan fingerprint density at radius 2 is 2.24 bits per heavy atom. The largest absolute Gasteiger partial charge is 0.390 e. The average molecular weight is 249 g/mol. The number of aliphatic hydroxyl groups excluding tert-OH is 1. The third-order valence-corrected chi connectivity index (χ3v) is 3.23. The quantitative estimate of drug-likeness (QED) is 0.900. The molecule has 90 valence electrons. The highest BCUT2D eigenvalue weighted by molar-refractivity contribution is 7.09. The molecular formula is C12H15N3OS. The molecule has 5 heteroatoms. The first-order valence-corrected chi connectivity index (χ1v) is 6.26. The predicted molar refractivity (Wildman–Crippen MR) is 69.1 cm³/mol. The summed E-state index contributed by atoms with van der Waals surface area (Å²) in [6, 6.07) is 5.91. The third-order valence-electron chi connectivity index (χ3n) is 2.37. The SMILES string of the molecule is Cc1cc(CO)nc(N(C)Cc2cccs2)n1. The summed E-state index contributed by atoms with van der Waals surface area (Å²) in [5.41, 5.74) is 1.53. The van der Waals surface area contributed by atoms with Crippen molar-refractivity contribution in [2.45, 2.75) is 20.1 Å². The number of anilines is 1. The third kappa shape index (κ3) is 3.01. The first-order chi connectivity index (χ1) is 8.19. The molecule has 2 aromatic heterocycles. The second kappa shape index (κ2) is 5.25. The van der Waals surface area contributed by atoms with Crippen LogP contribution in [-0.4, -0.2) is 22.1 Å². The number of aryl methyl sites for hydroxylation is 1. The smallest absolute Gasteiger partial charge is 0.225 e. The van der Waals surface area contributed by atoms with E-state index in [2.05, 4.69) is 21.4 Å². The second-order valence-corrected chi connectivity index (χ2v) is 4.93. The minimum Gasteiger partial charge on any atom is -0.390 e. The van der Waals surface area contributed by atoms with Crippen LogP contribution in [-0.2, 0) is 13.2 Å². The van der Waals surface area contributed by atoms with Gasteiger partial charge in [0.2, 0.25) is 5.95 Å². The molecule has 0 aliphatic carbocycles. The van der Waals surface area contributed by atoms with E-state index in [1.807, 2.05) is 24.9 Å². The van der Waals surface area contributed by atoms with Gasteiger partial charge in [-0.25, -0.2) is 9.97 Å². The number of thiophene rings is 1. The van der Waals surface area contributed by atoms with E-state index in [1.165, 1.54) is 4.88 Å². The number of aromatic nitrogens is 2. The van der Waals surface area contributed by atoms with E-state index in [-0.39, 0.29) is 6.61 Å². The van der Waals surface area contributed by atoms with Gasteiger partial charge in [0.25, 0.3) is 0 Å². The van der Waals surface area contributed by atoms with Crippen LogP contribution in [0.25, 0.3) is 0 Å². The molecule has 2 heterocycles. The Morgan fingerprint density at radius 1 is 1.41 bits per heavy atom. The van der Waals surface area contributed by atoms with Gasteiger partial charge in [0.15, 0.2) is 0 Å². The summed E-state index contributed by atoms with van der Waals surface area (Å²) in [7, 11) is 1.95. The Morgan fingerprint density at radius 3 is 2.88 bits per heavy atom. The molecule has 0 saturated carbocycles. The van der Waals surface area contributed by atoms with Gasteiger partial charge in [0.05, 0.1) is 18.8 Å². The minimum atomic E-state index is -0.0524. The Labute approximate surface area is 105 Å². The maximum Gasteiger partial charge on any atom is 0.225 e. The lowest BCUT2D eigenvalue weighted by molar-refractivity contribution is 0.276. The van der Waals surface area contributed by atoms with Gasteiger partial charge in [-0.2, -0.15) is 0 Å². The standard InChI is InChI=1S/C12H15N3OS/c1-9-6-10(8-16)14-12(13-9)15(2)7-11-4-3-5-17-11/h3-6,16H,7-8H2,1-2H3. The molecule has 0 atom stereocenters. The molecule has 0 saturated heterocycles. The topological polar surface area (TPSA) is 49.3 Å². The number of hydrogen-bond acceptors (Lipinski definition) is 5. The van der Waals surface area contributed by atoms with E-state index < -0.39 is 0 Å². The van der Waals surface area contributed by atoms with E-state index >= 15 is 0 Å². The van der Waals surface area contributed by atoms with Crippen LogP contribution in [0.4, 0.5) is 5.95 Å². The van der Waals surface area contributed by atoms with Crippen LogP contribution in [0.15, 0.2) is 23.6 Å². The number of nitrogens with zero attached hydrogens (tertiary/aromatic N) is 3. The van der Waals surface area contributed by atoms with E-state index in [0.29, 0.717) is 11.6 Å². The fourth-order valence-corrected chi connectivity index (χ4v) is 2.33. The molecule has 4 nitrogen and oxygen atoms in total. The normalized spacial score (nSPS) is 10.5. The zero-order chi connectivity index (χ0) is 12.3. The number of hydrogen-bond donors (Lipinski definition) is 1. The average Bonchev–Trinajstić information content (AvgIpc) is 2.81. The summed E-state index contributed by atoms with van der Waals surface area (Å²) in [6.45, 7) is 2.64. The van der Waals surface area contributed by atoms with Crippen molar-refractivity contribution in [3.63, 3.8) is 0 Å². The Bertz CT molecular complexity index is 485. The van der Waals surface area contributed by atoms with E-state index in [4.69, 9.17) is 5.11 Å². The van der Waals surface area contributed by atoms with Gasteiger partial charge in [-0.1, -0.05) is 6.07 Å². The van der Waals surface area contributed by atoms with Gasteiger partial charge in [0, 0.05) is 17.6 Å². The van der Waals surface area contributed by atoms with Crippen molar-refractivity contribution < 1.29 is 5.11 Å². The van der Waals surface area contributed by atoms with Crippen molar-refractivity contribution in [1.82, 2.24) is 9.97 Å². The zero-order valence-corrected chi connectivity index (χ0v) is 10.7. The highest BCUT2D eigenvalue weighted by atomic mass is 32.1. The molecular weight excluding hydrogens is 234 g/mol. The molecule has 0 aromatic carbocycles. The van der Waals surface area contributed by atoms with Crippen LogP contribution in [0, 0.1) is 6.92 Å². The molecule has 2 rings (SSSR count). The lowest BCUT2D eigenvalue weighted by Gasteiger charge is -2.17. The van der Waals surface area contributed by atoms with Gasteiger partial charge >= 0.3 is 0 Å². The summed E-state index contributed by atoms with van der Waals surface area (Å²) in [4.78, 5) is 11.9. The highest BCUT2D eigenvalue weighted by Crippen LogP contribution is 2.15. The summed E-state index contributed by atoms with van der Waals surface area (Å²) >= 11 is 1.71. The molecule has 0 aliphatic heterocycles. The summed E-state index contributed by atoms with van der Waals surface area (Å²) in [5.74, 6) is 0.655. The Kier molecular flexibility index (Phi) is 3.71. The van der Waals surface area contributed by atoms with Crippen molar-refractivity contribution >= 4 is 17.3 Å². The predicted octanol–water partition coefficient (Wildman–Crippen LogP) is 1.98. The van der Waals surface area contributed by atoms with Crippen molar-refractivity contribution in [1.29, 1.82) is 0 Å². The summed E-state index contributed by atoms with van der Waals surface area (Å²) in [5, 5.41) is 11.2. The van der Waals surface area contributed by atoms with Crippen molar-refractivity contribution in [2.24, 2.45) is 0 Å². The summed E-state index contributed by atoms with van der Waals surface area (Å²) < 4.78 is 0. The highest BCUT2D eigenvalue weighted by Gasteiger charge is 2.08. The lowest BCUT2D eigenvalue weighted by Crippen LogP contribution is -2.19. The molecule has 0 fully saturated rings. The van der Waals surface area contributed by atoms with Gasteiger partial charge in [0.1, 0.15) is 0 Å². The fraction of sp³-hybridized carbons (Fsp3) is 0.333. The van der Waals surface area contributed by atoms with Crippen LogP contribution in [0.1, 0.15) is 16.3 Å². The van der Waals surface area contributed by atoms with E-state index in [9.17, 15) is 0 Å². The van der Waals surface area contributed by atoms with E-state index in [1.54, 1.807) is 17.4 Å². The molecule has 0 bridgehead atoms. The number of aliphatic hydroxyl groups is 1. The minimum absolute atomic E-state index is 0.0524. The lowest BCUT2D eigenvalue weighted by atomic mass is 10.3. The monoisotopic (exact) mass is 249 g/mol. The molecule has 0 aliphatic rings. The van der Waals surface area contributed by atoms with E-state index in [0.717, 1.165) is 12.2 Å². The molecule has 0 amide bonds. The van der Waals surface area contributed by atoms with Crippen LogP contribution in [0.2, 0.25) is 0 Å². The molecule has 0 radical (unpaired) electrons. The van der Waals surface area contributed by atoms with Gasteiger partial charge < -0.3 is 10.0 Å². The summed E-state index contributed by atoms with van der Waals surface area (Å²) in [6.07, 6.45) is 0. The molecule has 17 heavy (non-hydrogen) atoms. The molecule has 1 N–H and O–H groups in total.